The maximum absolute atomic E-state index is 11.5. The number of nitrogens with one attached hydrogen (secondary N) is 2. The highest BCUT2D eigenvalue weighted by Crippen LogP contribution is 2.03. The molecule has 0 aliphatic rings. The van der Waals surface area contributed by atoms with Gasteiger partial charge >= 0.3 is 0 Å². The first-order valence-electron chi connectivity index (χ1n) is 4.44. The molecule has 6 heteroatoms. The first-order chi connectivity index (χ1) is 7.25. The molecule has 0 aliphatic carbocycles. The van der Waals surface area contributed by atoms with Crippen LogP contribution in [0.25, 0.3) is 0 Å². The fourth-order valence-electron chi connectivity index (χ4n) is 1.12. The van der Waals surface area contributed by atoms with Crippen LogP contribution in [0.4, 0.5) is 0 Å². The minimum Gasteiger partial charge on any atom is -0.344 e. The van der Waals surface area contributed by atoms with Crippen molar-refractivity contribution in [1.29, 1.82) is 0 Å². The molecule has 15 heavy (non-hydrogen) atoms. The Kier molecular flexibility index (Phi) is 2.77. The Balaban J connectivity index is 1.93. The Labute approximate surface area is 90.6 Å². The molecular weight excluding hydrogens is 212 g/mol. The topological polar surface area (TPSA) is 70.7 Å². The van der Waals surface area contributed by atoms with Crippen LogP contribution in [0.1, 0.15) is 21.2 Å². The van der Waals surface area contributed by atoms with E-state index in [1.807, 2.05) is 12.3 Å². The number of carbonyl (C=O) groups is 1. The molecule has 2 heterocycles. The number of hydrogen-bond donors (Lipinski definition) is 2. The van der Waals surface area contributed by atoms with Gasteiger partial charge in [0.1, 0.15) is 10.7 Å². The average molecular weight is 222 g/mol. The molecule has 78 valence electrons. The van der Waals surface area contributed by atoms with Crippen LogP contribution < -0.4 is 5.32 Å². The lowest BCUT2D eigenvalue weighted by Gasteiger charge is -1.98. The summed E-state index contributed by atoms with van der Waals surface area (Å²) in [6.07, 6.45) is 1.71. The summed E-state index contributed by atoms with van der Waals surface area (Å²) < 4.78 is 0. The number of aryl methyl sites for hydroxylation is 1. The van der Waals surface area contributed by atoms with E-state index in [4.69, 9.17) is 0 Å². The summed E-state index contributed by atoms with van der Waals surface area (Å²) in [6.45, 7) is 2.30. The predicted molar refractivity (Wildman–Crippen MR) is 56.6 cm³/mol. The monoisotopic (exact) mass is 222 g/mol. The highest BCUT2D eigenvalue weighted by molar-refractivity contribution is 7.09. The summed E-state index contributed by atoms with van der Waals surface area (Å²) in [7, 11) is 0. The number of hydrogen-bond acceptors (Lipinski definition) is 4. The lowest BCUT2D eigenvalue weighted by molar-refractivity contribution is 0.0946. The maximum atomic E-state index is 11.5. The Morgan fingerprint density at radius 2 is 2.53 bits per heavy atom. The third-order valence-electron chi connectivity index (χ3n) is 1.82. The van der Waals surface area contributed by atoms with Crippen LogP contribution in [0.5, 0.6) is 0 Å². The number of aromatic nitrogens is 3. The quantitative estimate of drug-likeness (QED) is 0.817. The molecule has 0 saturated heterocycles. The Bertz CT molecular complexity index is 448. The van der Waals surface area contributed by atoms with Crippen molar-refractivity contribution >= 4 is 17.2 Å². The van der Waals surface area contributed by atoms with E-state index < -0.39 is 0 Å². The van der Waals surface area contributed by atoms with Crippen LogP contribution in [0, 0.1) is 6.92 Å². The Morgan fingerprint density at radius 3 is 3.13 bits per heavy atom. The van der Waals surface area contributed by atoms with Gasteiger partial charge in [-0.2, -0.15) is 5.10 Å². The number of nitrogens with zero attached hydrogens (tertiary/aromatic N) is 2. The van der Waals surface area contributed by atoms with Crippen LogP contribution in [0.2, 0.25) is 0 Å². The zero-order chi connectivity index (χ0) is 10.7. The number of rotatable bonds is 3. The van der Waals surface area contributed by atoms with Crippen molar-refractivity contribution in [3.63, 3.8) is 0 Å². The molecule has 0 bridgehead atoms. The van der Waals surface area contributed by atoms with Crippen molar-refractivity contribution in [2.45, 2.75) is 13.5 Å². The third-order valence-corrected chi connectivity index (χ3v) is 2.60. The van der Waals surface area contributed by atoms with Gasteiger partial charge in [-0.15, -0.1) is 11.3 Å². The predicted octanol–water partition coefficient (Wildman–Crippen LogP) is 1.10. The van der Waals surface area contributed by atoms with Gasteiger partial charge in [0.25, 0.3) is 5.91 Å². The molecule has 0 saturated carbocycles. The van der Waals surface area contributed by atoms with Crippen LogP contribution in [0.3, 0.4) is 0 Å². The second-order valence-electron chi connectivity index (χ2n) is 3.04. The molecule has 0 fully saturated rings. The summed E-state index contributed by atoms with van der Waals surface area (Å²) in [4.78, 5) is 15.6. The van der Waals surface area contributed by atoms with Crippen LogP contribution in [0.15, 0.2) is 17.6 Å². The summed E-state index contributed by atoms with van der Waals surface area (Å²) in [5.41, 5.74) is 1.28. The maximum Gasteiger partial charge on any atom is 0.272 e. The zero-order valence-corrected chi connectivity index (χ0v) is 8.97. The van der Waals surface area contributed by atoms with Crippen LogP contribution in [-0.4, -0.2) is 21.1 Å². The van der Waals surface area contributed by atoms with Gasteiger partial charge in [-0.05, 0) is 13.0 Å². The molecule has 5 nitrogen and oxygen atoms in total. The SMILES string of the molecule is Cc1cc(C(=O)NCc2nccs2)n[nH]1. The van der Waals surface area contributed by atoms with Crippen molar-refractivity contribution in [2.75, 3.05) is 0 Å². The summed E-state index contributed by atoms with van der Waals surface area (Å²) in [5, 5.41) is 12.1. The Morgan fingerprint density at radius 1 is 1.67 bits per heavy atom. The molecule has 1 amide bonds. The first kappa shape index (κ1) is 9.85. The normalized spacial score (nSPS) is 10.2. The van der Waals surface area contributed by atoms with Crippen molar-refractivity contribution in [2.24, 2.45) is 0 Å². The minimum atomic E-state index is -0.186. The molecule has 0 atom stereocenters. The second-order valence-corrected chi connectivity index (χ2v) is 4.02. The smallest absolute Gasteiger partial charge is 0.272 e. The number of carbonyl (C=O) groups excluding carboxylic acids is 1. The average Bonchev–Trinajstić information content (AvgIpc) is 2.84. The number of aromatic amines is 1. The first-order valence-corrected chi connectivity index (χ1v) is 5.32. The van der Waals surface area contributed by atoms with Crippen LogP contribution >= 0.6 is 11.3 Å². The lowest BCUT2D eigenvalue weighted by atomic mass is 10.3. The van der Waals surface area contributed by atoms with Gasteiger partial charge in [0.05, 0.1) is 6.54 Å². The van der Waals surface area contributed by atoms with E-state index in [-0.39, 0.29) is 5.91 Å². The molecule has 0 aromatic carbocycles. The van der Waals surface area contributed by atoms with E-state index in [1.165, 1.54) is 11.3 Å². The highest BCUT2D eigenvalue weighted by atomic mass is 32.1. The van der Waals surface area contributed by atoms with E-state index in [2.05, 4.69) is 20.5 Å². The van der Waals surface area contributed by atoms with E-state index in [0.29, 0.717) is 12.2 Å². The van der Waals surface area contributed by atoms with E-state index in [9.17, 15) is 4.79 Å². The third kappa shape index (κ3) is 2.41. The second kappa shape index (κ2) is 4.22. The molecule has 0 unspecified atom stereocenters. The van der Waals surface area contributed by atoms with E-state index >= 15 is 0 Å². The highest BCUT2D eigenvalue weighted by Gasteiger charge is 2.08. The number of H-pyrrole nitrogens is 1. The molecule has 0 aliphatic heterocycles. The van der Waals surface area contributed by atoms with Gasteiger partial charge in [0, 0.05) is 17.3 Å². The van der Waals surface area contributed by atoms with Crippen molar-refractivity contribution < 1.29 is 4.79 Å². The van der Waals surface area contributed by atoms with Crippen LogP contribution in [-0.2, 0) is 6.54 Å². The minimum absolute atomic E-state index is 0.186. The Hall–Kier alpha value is -1.69. The van der Waals surface area contributed by atoms with Crippen molar-refractivity contribution in [3.05, 3.63) is 34.0 Å². The van der Waals surface area contributed by atoms with Gasteiger partial charge in [-0.3, -0.25) is 9.89 Å². The molecule has 0 radical (unpaired) electrons. The molecular formula is C9H10N4OS. The molecule has 2 N–H and O–H groups in total. The van der Waals surface area contributed by atoms with Gasteiger partial charge in [0.2, 0.25) is 0 Å². The molecule has 2 aromatic heterocycles. The van der Waals surface area contributed by atoms with Gasteiger partial charge < -0.3 is 5.32 Å². The van der Waals surface area contributed by atoms with Gasteiger partial charge in [-0.1, -0.05) is 0 Å². The largest absolute Gasteiger partial charge is 0.344 e. The zero-order valence-electron chi connectivity index (χ0n) is 8.15. The van der Waals surface area contributed by atoms with Gasteiger partial charge in [-0.25, -0.2) is 4.98 Å². The molecule has 2 aromatic rings. The van der Waals surface area contributed by atoms with E-state index in [1.54, 1.807) is 12.3 Å². The lowest BCUT2D eigenvalue weighted by Crippen LogP contribution is -2.23. The summed E-state index contributed by atoms with van der Waals surface area (Å²) >= 11 is 1.51. The molecule has 0 spiro atoms. The standard InChI is InChI=1S/C9H10N4OS/c1-6-4-7(13-12-6)9(14)11-5-8-10-2-3-15-8/h2-4H,5H2,1H3,(H,11,14)(H,12,13). The fourth-order valence-corrected chi connectivity index (χ4v) is 1.68. The van der Waals surface area contributed by atoms with Crippen molar-refractivity contribution in [3.8, 4) is 0 Å². The number of amides is 1. The number of thiazole rings is 1. The fraction of sp³-hybridized carbons (Fsp3) is 0.222. The summed E-state index contributed by atoms with van der Waals surface area (Å²) in [6, 6.07) is 1.71. The van der Waals surface area contributed by atoms with Gasteiger partial charge in [0.15, 0.2) is 0 Å². The summed E-state index contributed by atoms with van der Waals surface area (Å²) in [5.74, 6) is -0.186. The van der Waals surface area contributed by atoms with E-state index in [0.717, 1.165) is 10.7 Å². The molecule has 2 rings (SSSR count). The van der Waals surface area contributed by atoms with Crippen molar-refractivity contribution in [1.82, 2.24) is 20.5 Å².